The van der Waals surface area contributed by atoms with Gasteiger partial charge < -0.3 is 37.0 Å². The van der Waals surface area contributed by atoms with Crippen molar-refractivity contribution >= 4 is 23.7 Å². The van der Waals surface area contributed by atoms with Gasteiger partial charge in [0.05, 0.1) is 6.04 Å². The lowest BCUT2D eigenvalue weighted by Gasteiger charge is -2.30. The Morgan fingerprint density at radius 3 is 1.74 bits per heavy atom. The van der Waals surface area contributed by atoms with Crippen LogP contribution in [-0.4, -0.2) is 62.7 Å². The molecule has 8 N–H and O–H groups in total. The highest BCUT2D eigenvalue weighted by molar-refractivity contribution is 5.96. The first-order chi connectivity index (χ1) is 17.7. The van der Waals surface area contributed by atoms with Gasteiger partial charge in [0.2, 0.25) is 17.7 Å². The van der Waals surface area contributed by atoms with E-state index >= 15 is 0 Å². The number of nitrogens with one attached hydrogen (secondary N) is 3. The van der Waals surface area contributed by atoms with Crippen LogP contribution < -0.4 is 21.7 Å². The molecule has 0 heterocycles. The molecule has 0 aliphatic heterocycles. The quantitative estimate of drug-likeness (QED) is 0.210. The average Bonchev–Trinajstić information content (AvgIpc) is 2.83. The number of phenolic OH excluding ortho intramolecular Hbond substituents is 2. The van der Waals surface area contributed by atoms with E-state index in [1.54, 1.807) is 38.1 Å². The van der Waals surface area contributed by atoms with Crippen molar-refractivity contribution in [3.63, 3.8) is 0 Å². The first-order valence-electron chi connectivity index (χ1n) is 12.2. The largest absolute Gasteiger partial charge is 0.508 e. The number of rotatable bonds is 12. The zero-order valence-electron chi connectivity index (χ0n) is 21.9. The smallest absolute Gasteiger partial charge is 0.326 e. The summed E-state index contributed by atoms with van der Waals surface area (Å²) in [5.74, 6) is -3.50. The first-order valence-corrected chi connectivity index (χ1v) is 12.2. The van der Waals surface area contributed by atoms with Crippen LogP contribution in [0.3, 0.4) is 0 Å². The molecule has 2 rings (SSSR count). The molecule has 0 aliphatic carbocycles. The Morgan fingerprint density at radius 1 is 0.816 bits per heavy atom. The average molecular weight is 529 g/mol. The molecule has 0 unspecified atom stereocenters. The van der Waals surface area contributed by atoms with Crippen LogP contribution in [-0.2, 0) is 32.0 Å². The molecular weight excluding hydrogens is 492 g/mol. The highest BCUT2D eigenvalue weighted by Crippen LogP contribution is 2.14. The third kappa shape index (κ3) is 8.77. The second-order valence-corrected chi connectivity index (χ2v) is 10.1. The van der Waals surface area contributed by atoms with E-state index in [4.69, 9.17) is 5.73 Å². The van der Waals surface area contributed by atoms with Crippen molar-refractivity contribution in [2.45, 2.75) is 64.2 Å². The minimum absolute atomic E-state index is 0.00663. The van der Waals surface area contributed by atoms with Gasteiger partial charge in [-0.1, -0.05) is 38.1 Å². The predicted octanol–water partition coefficient (Wildman–Crippen LogP) is 0.815. The lowest BCUT2D eigenvalue weighted by Crippen LogP contribution is -2.62. The van der Waals surface area contributed by atoms with Gasteiger partial charge in [-0.2, -0.15) is 0 Å². The van der Waals surface area contributed by atoms with E-state index in [0.717, 1.165) is 5.56 Å². The molecule has 3 atom stereocenters. The summed E-state index contributed by atoms with van der Waals surface area (Å²) in [6, 6.07) is 8.91. The topological polar surface area (TPSA) is 191 Å². The van der Waals surface area contributed by atoms with E-state index < -0.39 is 53.3 Å². The second-order valence-electron chi connectivity index (χ2n) is 10.1. The second kappa shape index (κ2) is 12.9. The Labute approximate surface area is 221 Å². The van der Waals surface area contributed by atoms with Crippen LogP contribution in [0.4, 0.5) is 0 Å². The minimum Gasteiger partial charge on any atom is -0.508 e. The highest BCUT2D eigenvalue weighted by Gasteiger charge is 2.35. The summed E-state index contributed by atoms with van der Waals surface area (Å²) < 4.78 is 0. The van der Waals surface area contributed by atoms with E-state index in [-0.39, 0.29) is 24.3 Å². The maximum absolute atomic E-state index is 13.2. The summed E-state index contributed by atoms with van der Waals surface area (Å²) in [7, 11) is 0. The van der Waals surface area contributed by atoms with Crippen LogP contribution in [0, 0.1) is 5.92 Å². The maximum Gasteiger partial charge on any atom is 0.326 e. The van der Waals surface area contributed by atoms with Crippen molar-refractivity contribution in [1.82, 2.24) is 16.0 Å². The van der Waals surface area contributed by atoms with E-state index in [1.165, 1.54) is 38.1 Å². The molecule has 2 aromatic rings. The van der Waals surface area contributed by atoms with Crippen LogP contribution in [0.25, 0.3) is 0 Å². The number of carbonyl (C=O) groups excluding carboxylic acids is 3. The molecule has 0 spiro atoms. The van der Waals surface area contributed by atoms with Crippen molar-refractivity contribution in [1.29, 1.82) is 0 Å². The van der Waals surface area contributed by atoms with Crippen molar-refractivity contribution in [2.75, 3.05) is 0 Å². The van der Waals surface area contributed by atoms with Crippen molar-refractivity contribution in [3.8, 4) is 11.5 Å². The van der Waals surface area contributed by atoms with Crippen LogP contribution in [0.5, 0.6) is 11.5 Å². The summed E-state index contributed by atoms with van der Waals surface area (Å²) in [5, 5.41) is 36.1. The lowest BCUT2D eigenvalue weighted by molar-refractivity contribution is -0.143. The Morgan fingerprint density at radius 2 is 1.29 bits per heavy atom. The first kappa shape index (κ1) is 30.1. The minimum atomic E-state index is -1.47. The molecule has 0 aliphatic rings. The molecule has 2 aromatic carbocycles. The fraction of sp³-hybridized carbons (Fsp3) is 0.407. The number of hydrogen-bond acceptors (Lipinski definition) is 7. The summed E-state index contributed by atoms with van der Waals surface area (Å²) in [5.41, 5.74) is 5.88. The molecule has 206 valence electrons. The Kier molecular flexibility index (Phi) is 10.2. The van der Waals surface area contributed by atoms with Gasteiger partial charge in [-0.3, -0.25) is 14.4 Å². The van der Waals surface area contributed by atoms with Crippen molar-refractivity contribution in [3.05, 3.63) is 59.7 Å². The summed E-state index contributed by atoms with van der Waals surface area (Å²) in [4.78, 5) is 50.6. The number of nitrogens with two attached hydrogens (primary N) is 1. The number of amides is 3. The number of phenols is 2. The SMILES string of the molecule is CC(C)[C@@H](NC(=O)[C@H](Cc1ccc(O)cc1)NC(=O)C(C)(C)NC(=O)[C@@H](N)Cc1ccc(O)cc1)C(=O)O. The Bertz CT molecular complexity index is 1130. The van der Waals surface area contributed by atoms with Crippen LogP contribution in [0.2, 0.25) is 0 Å². The molecular formula is C27H36N4O7. The number of carboxylic acid groups (broad SMARTS) is 1. The maximum atomic E-state index is 13.2. The standard InChI is InChI=1S/C27H36N4O7/c1-15(2)22(25(36)37)30-24(35)21(14-17-7-11-19(33)12-8-17)29-26(38)27(3,4)31-23(34)20(28)13-16-5-9-18(32)10-6-16/h5-12,15,20-22,32-33H,13-14,28H2,1-4H3,(H,29,38)(H,30,35)(H,31,34)(H,36,37)/t20-,21-,22+/m0/s1. The van der Waals surface area contributed by atoms with Crippen molar-refractivity contribution < 1.29 is 34.5 Å². The number of carbonyl (C=O) groups is 4. The van der Waals surface area contributed by atoms with Gasteiger partial charge in [0, 0.05) is 6.42 Å². The fourth-order valence-corrected chi connectivity index (χ4v) is 3.62. The number of hydrogen-bond donors (Lipinski definition) is 7. The van der Waals surface area contributed by atoms with E-state index in [0.29, 0.717) is 5.56 Å². The molecule has 0 saturated heterocycles. The third-order valence-electron chi connectivity index (χ3n) is 5.96. The summed E-state index contributed by atoms with van der Waals surface area (Å²) in [6.07, 6.45) is 0.175. The monoisotopic (exact) mass is 528 g/mol. The van der Waals surface area contributed by atoms with Crippen molar-refractivity contribution in [2.24, 2.45) is 11.7 Å². The van der Waals surface area contributed by atoms with Gasteiger partial charge in [-0.15, -0.1) is 0 Å². The molecule has 0 fully saturated rings. The normalized spacial score (nSPS) is 13.7. The van der Waals surface area contributed by atoms with Gasteiger partial charge in [-0.25, -0.2) is 4.79 Å². The molecule has 3 amide bonds. The lowest BCUT2D eigenvalue weighted by atomic mass is 9.98. The van der Waals surface area contributed by atoms with Crippen LogP contribution in [0.1, 0.15) is 38.8 Å². The Hall–Kier alpha value is -4.12. The van der Waals surface area contributed by atoms with Gasteiger partial charge in [-0.05, 0) is 61.6 Å². The predicted molar refractivity (Wildman–Crippen MR) is 140 cm³/mol. The number of carboxylic acids is 1. The molecule has 0 saturated carbocycles. The fourth-order valence-electron chi connectivity index (χ4n) is 3.62. The number of aromatic hydroxyl groups is 2. The molecule has 0 radical (unpaired) electrons. The van der Waals surface area contributed by atoms with Gasteiger partial charge in [0.25, 0.3) is 0 Å². The molecule has 0 bridgehead atoms. The van der Waals surface area contributed by atoms with Gasteiger partial charge in [0.1, 0.15) is 29.1 Å². The molecule has 0 aromatic heterocycles. The highest BCUT2D eigenvalue weighted by atomic mass is 16.4. The summed E-state index contributed by atoms with van der Waals surface area (Å²) >= 11 is 0. The third-order valence-corrected chi connectivity index (χ3v) is 5.96. The van der Waals surface area contributed by atoms with Crippen LogP contribution in [0.15, 0.2) is 48.5 Å². The number of aliphatic carboxylic acids is 1. The van der Waals surface area contributed by atoms with E-state index in [2.05, 4.69) is 16.0 Å². The van der Waals surface area contributed by atoms with Gasteiger partial charge in [0.15, 0.2) is 0 Å². The number of benzene rings is 2. The zero-order valence-corrected chi connectivity index (χ0v) is 21.9. The zero-order chi connectivity index (χ0) is 28.6. The van der Waals surface area contributed by atoms with E-state index in [1.807, 2.05) is 0 Å². The molecule has 11 nitrogen and oxygen atoms in total. The van der Waals surface area contributed by atoms with E-state index in [9.17, 15) is 34.5 Å². The molecule has 38 heavy (non-hydrogen) atoms. The Balaban J connectivity index is 2.15. The summed E-state index contributed by atoms with van der Waals surface area (Å²) in [6.45, 7) is 6.20. The molecule has 11 heteroatoms. The van der Waals surface area contributed by atoms with Crippen LogP contribution >= 0.6 is 0 Å². The van der Waals surface area contributed by atoms with Gasteiger partial charge >= 0.3 is 5.97 Å².